The molecule has 5 nitrogen and oxygen atoms in total. The zero-order valence-corrected chi connectivity index (χ0v) is 18.0. The molecule has 3 aromatic rings. The van der Waals surface area contributed by atoms with E-state index in [2.05, 4.69) is 39.5 Å². The third kappa shape index (κ3) is 5.42. The monoisotopic (exact) mass is 443 g/mol. The third-order valence-electron chi connectivity index (χ3n) is 5.20. The number of aromatic nitrogens is 1. The Labute approximate surface area is 186 Å². The summed E-state index contributed by atoms with van der Waals surface area (Å²) in [7, 11) is 0. The van der Waals surface area contributed by atoms with E-state index in [-0.39, 0.29) is 11.9 Å². The summed E-state index contributed by atoms with van der Waals surface area (Å²) in [5, 5.41) is 4.20. The highest BCUT2D eigenvalue weighted by molar-refractivity contribution is 6.36. The number of amides is 1. The fourth-order valence-electron chi connectivity index (χ4n) is 3.70. The smallest absolute Gasteiger partial charge is 0.220 e. The second kappa shape index (κ2) is 9.65. The van der Waals surface area contributed by atoms with Gasteiger partial charge in [-0.15, -0.1) is 0 Å². The van der Waals surface area contributed by atoms with Crippen LogP contribution >= 0.6 is 23.2 Å². The van der Waals surface area contributed by atoms with Crippen molar-refractivity contribution in [3.05, 3.63) is 76.2 Å². The Kier molecular flexibility index (Phi) is 6.72. The molecule has 7 heteroatoms. The van der Waals surface area contributed by atoms with Gasteiger partial charge >= 0.3 is 0 Å². The van der Waals surface area contributed by atoms with Crippen LogP contribution < -0.4 is 5.32 Å². The lowest BCUT2D eigenvalue weighted by Crippen LogP contribution is -2.37. The first-order chi connectivity index (χ1) is 14.6. The molecule has 1 aliphatic rings. The molecule has 1 unspecified atom stereocenters. The van der Waals surface area contributed by atoms with Crippen LogP contribution in [0.25, 0.3) is 11.3 Å². The van der Waals surface area contributed by atoms with Gasteiger partial charge in [-0.1, -0.05) is 53.5 Å². The average Bonchev–Trinajstić information content (AvgIpc) is 3.37. The van der Waals surface area contributed by atoms with Crippen molar-refractivity contribution in [1.29, 1.82) is 0 Å². The second-order valence-electron chi connectivity index (χ2n) is 7.52. The van der Waals surface area contributed by atoms with Crippen molar-refractivity contribution in [2.45, 2.75) is 31.8 Å². The first-order valence-corrected chi connectivity index (χ1v) is 10.8. The number of likely N-dealkylation sites (tertiary alicyclic amines) is 1. The average molecular weight is 444 g/mol. The molecule has 0 aliphatic carbocycles. The molecule has 0 spiro atoms. The second-order valence-corrected chi connectivity index (χ2v) is 8.36. The van der Waals surface area contributed by atoms with Gasteiger partial charge in [-0.05, 0) is 30.2 Å². The van der Waals surface area contributed by atoms with E-state index in [0.717, 1.165) is 31.6 Å². The summed E-state index contributed by atoms with van der Waals surface area (Å²) in [5.74, 6) is 1.11. The molecule has 1 fully saturated rings. The molecule has 4 rings (SSSR count). The minimum absolute atomic E-state index is 0.0193. The highest BCUT2D eigenvalue weighted by Gasteiger charge is 2.24. The maximum absolute atomic E-state index is 12.4. The quantitative estimate of drug-likeness (QED) is 0.559. The highest BCUT2D eigenvalue weighted by atomic mass is 35.5. The van der Waals surface area contributed by atoms with Crippen LogP contribution in [-0.2, 0) is 17.8 Å². The van der Waals surface area contributed by atoms with Crippen LogP contribution in [0.3, 0.4) is 0 Å². The predicted molar refractivity (Wildman–Crippen MR) is 119 cm³/mol. The Balaban J connectivity index is 1.24. The SMILES string of the molecule is O=C(CCc1ncc(-c2ccc(Cl)cc2Cl)o1)NC1CCN(Cc2ccccc2)C1. The summed E-state index contributed by atoms with van der Waals surface area (Å²) >= 11 is 12.2. The van der Waals surface area contributed by atoms with Crippen LogP contribution in [-0.4, -0.2) is 34.9 Å². The van der Waals surface area contributed by atoms with Crippen molar-refractivity contribution < 1.29 is 9.21 Å². The molecule has 1 amide bonds. The molecule has 1 atom stereocenters. The predicted octanol–water partition coefficient (Wildman–Crippen LogP) is 4.97. The van der Waals surface area contributed by atoms with Gasteiger partial charge in [0.2, 0.25) is 5.91 Å². The zero-order valence-electron chi connectivity index (χ0n) is 16.5. The van der Waals surface area contributed by atoms with Crippen LogP contribution in [0.4, 0.5) is 0 Å². The number of hydrogen-bond acceptors (Lipinski definition) is 4. The van der Waals surface area contributed by atoms with E-state index in [1.807, 2.05) is 6.07 Å². The van der Waals surface area contributed by atoms with Gasteiger partial charge in [-0.25, -0.2) is 4.98 Å². The first-order valence-electron chi connectivity index (χ1n) is 10.0. The van der Waals surface area contributed by atoms with Crippen LogP contribution in [0.1, 0.15) is 24.3 Å². The van der Waals surface area contributed by atoms with Crippen molar-refractivity contribution in [2.24, 2.45) is 0 Å². The van der Waals surface area contributed by atoms with Crippen molar-refractivity contribution in [3.8, 4) is 11.3 Å². The molecule has 0 saturated carbocycles. The number of nitrogens with one attached hydrogen (secondary N) is 1. The summed E-state index contributed by atoms with van der Waals surface area (Å²) in [6.07, 6.45) is 3.37. The normalized spacial score (nSPS) is 16.7. The number of benzene rings is 2. The summed E-state index contributed by atoms with van der Waals surface area (Å²) in [5.41, 5.74) is 2.03. The molecule has 1 N–H and O–H groups in total. The summed E-state index contributed by atoms with van der Waals surface area (Å²) in [4.78, 5) is 19.0. The lowest BCUT2D eigenvalue weighted by molar-refractivity contribution is -0.121. The highest BCUT2D eigenvalue weighted by Crippen LogP contribution is 2.30. The molecule has 0 bridgehead atoms. The van der Waals surface area contributed by atoms with Gasteiger partial charge in [0.25, 0.3) is 0 Å². The van der Waals surface area contributed by atoms with Gasteiger partial charge in [0.15, 0.2) is 11.7 Å². The Morgan fingerprint density at radius 3 is 2.83 bits per heavy atom. The Morgan fingerprint density at radius 1 is 1.20 bits per heavy atom. The Bertz CT molecular complexity index is 1010. The van der Waals surface area contributed by atoms with Gasteiger partial charge in [0.1, 0.15) is 0 Å². The van der Waals surface area contributed by atoms with E-state index in [9.17, 15) is 4.79 Å². The Hall–Kier alpha value is -2.34. The molecule has 1 aliphatic heterocycles. The molecule has 2 aromatic carbocycles. The first kappa shape index (κ1) is 20.9. The maximum Gasteiger partial charge on any atom is 0.220 e. The number of oxazole rings is 1. The topological polar surface area (TPSA) is 58.4 Å². The zero-order chi connectivity index (χ0) is 20.9. The van der Waals surface area contributed by atoms with E-state index in [4.69, 9.17) is 27.6 Å². The molecule has 2 heterocycles. The number of carbonyl (C=O) groups is 1. The van der Waals surface area contributed by atoms with E-state index in [0.29, 0.717) is 34.5 Å². The minimum Gasteiger partial charge on any atom is -0.441 e. The third-order valence-corrected chi connectivity index (χ3v) is 5.75. The van der Waals surface area contributed by atoms with E-state index in [1.54, 1.807) is 24.4 Å². The molecule has 156 valence electrons. The van der Waals surface area contributed by atoms with Gasteiger partial charge in [0, 0.05) is 49.1 Å². The number of rotatable bonds is 7. The number of halogens is 2. The fourth-order valence-corrected chi connectivity index (χ4v) is 4.20. The number of aryl methyl sites for hydroxylation is 1. The lowest BCUT2D eigenvalue weighted by atomic mass is 10.2. The van der Waals surface area contributed by atoms with Crippen LogP contribution in [0, 0.1) is 0 Å². The molecule has 1 saturated heterocycles. The van der Waals surface area contributed by atoms with Gasteiger partial charge in [-0.2, -0.15) is 0 Å². The maximum atomic E-state index is 12.4. The van der Waals surface area contributed by atoms with Crippen LogP contribution in [0.5, 0.6) is 0 Å². The van der Waals surface area contributed by atoms with Crippen molar-refractivity contribution >= 4 is 29.1 Å². The van der Waals surface area contributed by atoms with E-state index in [1.165, 1.54) is 5.56 Å². The van der Waals surface area contributed by atoms with Gasteiger partial charge in [0.05, 0.1) is 11.2 Å². The van der Waals surface area contributed by atoms with Crippen molar-refractivity contribution in [1.82, 2.24) is 15.2 Å². The van der Waals surface area contributed by atoms with E-state index >= 15 is 0 Å². The largest absolute Gasteiger partial charge is 0.441 e. The van der Waals surface area contributed by atoms with Crippen molar-refractivity contribution in [2.75, 3.05) is 13.1 Å². The number of nitrogens with zero attached hydrogens (tertiary/aromatic N) is 2. The number of hydrogen-bond donors (Lipinski definition) is 1. The van der Waals surface area contributed by atoms with Gasteiger partial charge in [-0.3, -0.25) is 9.69 Å². The van der Waals surface area contributed by atoms with Crippen molar-refractivity contribution in [3.63, 3.8) is 0 Å². The Morgan fingerprint density at radius 2 is 2.03 bits per heavy atom. The van der Waals surface area contributed by atoms with Crippen LogP contribution in [0.2, 0.25) is 10.0 Å². The van der Waals surface area contributed by atoms with E-state index < -0.39 is 0 Å². The number of carbonyl (C=O) groups excluding carboxylic acids is 1. The molecular weight excluding hydrogens is 421 g/mol. The fraction of sp³-hybridized carbons (Fsp3) is 0.304. The lowest BCUT2D eigenvalue weighted by Gasteiger charge is -2.16. The molecule has 0 radical (unpaired) electrons. The minimum atomic E-state index is 0.0193. The molecular formula is C23H23Cl2N3O2. The van der Waals surface area contributed by atoms with Crippen LogP contribution in [0.15, 0.2) is 59.1 Å². The van der Waals surface area contributed by atoms with Gasteiger partial charge < -0.3 is 9.73 Å². The summed E-state index contributed by atoms with van der Waals surface area (Å²) < 4.78 is 5.77. The molecule has 30 heavy (non-hydrogen) atoms. The summed E-state index contributed by atoms with van der Waals surface area (Å²) in [6, 6.07) is 15.8. The standard InChI is InChI=1S/C23H23Cl2N3O2/c24-17-6-7-19(20(25)12-17)21-13-26-23(30-21)9-8-22(29)27-18-10-11-28(15-18)14-16-4-2-1-3-5-16/h1-7,12-13,18H,8-11,14-15H2,(H,27,29). The molecule has 1 aromatic heterocycles. The summed E-state index contributed by atoms with van der Waals surface area (Å²) in [6.45, 7) is 2.78.